The fourth-order valence-electron chi connectivity index (χ4n) is 0.727. The number of hydrogen-bond donors (Lipinski definition) is 4. The van der Waals surface area contributed by atoms with E-state index in [-0.39, 0.29) is 12.7 Å². The Bertz CT molecular complexity index is 112. The van der Waals surface area contributed by atoms with E-state index in [1.807, 2.05) is 0 Å². The molecule has 0 bridgehead atoms. The van der Waals surface area contributed by atoms with Gasteiger partial charge < -0.3 is 25.8 Å². The zero-order valence-corrected chi connectivity index (χ0v) is 7.18. The first-order valence-corrected chi connectivity index (χ1v) is 3.91. The van der Waals surface area contributed by atoms with Crippen LogP contribution in [0.2, 0.25) is 0 Å². The smallest absolute Gasteiger partial charge is 0.109 e. The van der Waals surface area contributed by atoms with Crippen molar-refractivity contribution in [2.75, 3.05) is 19.8 Å². The molecule has 3 atom stereocenters. The van der Waals surface area contributed by atoms with Crippen LogP contribution in [-0.4, -0.2) is 53.4 Å². The van der Waals surface area contributed by atoms with Gasteiger partial charge in [-0.25, -0.2) is 0 Å². The maximum atomic E-state index is 9.09. The van der Waals surface area contributed by atoms with E-state index in [9.17, 15) is 0 Å². The van der Waals surface area contributed by atoms with E-state index in [1.165, 1.54) is 0 Å². The topological polar surface area (TPSA) is 95.9 Å². The average Bonchev–Trinajstić information content (AvgIpc) is 2.12. The molecule has 0 saturated heterocycles. The first kappa shape index (κ1) is 11.8. The average molecular weight is 179 g/mol. The number of hydrogen-bond acceptors (Lipinski definition) is 5. The molecule has 0 aliphatic rings. The van der Waals surface area contributed by atoms with Gasteiger partial charge in [0.2, 0.25) is 0 Å². The van der Waals surface area contributed by atoms with Crippen LogP contribution in [0.15, 0.2) is 0 Å². The van der Waals surface area contributed by atoms with Gasteiger partial charge in [0.1, 0.15) is 12.2 Å². The Labute approximate surface area is 71.8 Å². The standard InChI is InChI=1S/C7H17NO4/c1-5(2-8)12-7(4-10)6(11)3-9/h5-7,9-11H,2-4,8H2,1H3/t5-,6-,7?/m0/s1. The van der Waals surface area contributed by atoms with Crippen LogP contribution in [0.1, 0.15) is 6.92 Å². The maximum Gasteiger partial charge on any atom is 0.109 e. The van der Waals surface area contributed by atoms with Crippen LogP contribution < -0.4 is 5.73 Å². The molecule has 0 heterocycles. The van der Waals surface area contributed by atoms with E-state index in [0.29, 0.717) is 6.54 Å². The summed E-state index contributed by atoms with van der Waals surface area (Å²) in [5.41, 5.74) is 5.27. The Morgan fingerprint density at radius 1 is 1.33 bits per heavy atom. The zero-order valence-electron chi connectivity index (χ0n) is 7.18. The van der Waals surface area contributed by atoms with Crippen LogP contribution in [0.5, 0.6) is 0 Å². The first-order chi connectivity index (χ1) is 5.65. The molecule has 0 rings (SSSR count). The van der Waals surface area contributed by atoms with Gasteiger partial charge in [-0.15, -0.1) is 0 Å². The van der Waals surface area contributed by atoms with E-state index in [1.54, 1.807) is 6.92 Å². The molecule has 0 radical (unpaired) electrons. The van der Waals surface area contributed by atoms with E-state index in [4.69, 9.17) is 25.8 Å². The summed E-state index contributed by atoms with van der Waals surface area (Å²) in [5.74, 6) is 0. The molecule has 0 fully saturated rings. The van der Waals surface area contributed by atoms with Crippen LogP contribution in [0.3, 0.4) is 0 Å². The zero-order chi connectivity index (χ0) is 9.56. The van der Waals surface area contributed by atoms with Gasteiger partial charge in [-0.2, -0.15) is 0 Å². The normalized spacial score (nSPS) is 18.8. The molecule has 5 nitrogen and oxygen atoms in total. The molecule has 5 heteroatoms. The number of nitrogens with two attached hydrogens (primary N) is 1. The van der Waals surface area contributed by atoms with Crippen molar-refractivity contribution in [3.8, 4) is 0 Å². The molecule has 0 aliphatic heterocycles. The predicted molar refractivity (Wildman–Crippen MR) is 43.6 cm³/mol. The fourth-order valence-corrected chi connectivity index (χ4v) is 0.727. The van der Waals surface area contributed by atoms with E-state index in [2.05, 4.69) is 0 Å². The Balaban J connectivity index is 3.81. The Morgan fingerprint density at radius 3 is 2.25 bits per heavy atom. The highest BCUT2D eigenvalue weighted by Crippen LogP contribution is 2.02. The van der Waals surface area contributed by atoms with Gasteiger partial charge in [-0.1, -0.05) is 0 Å². The fraction of sp³-hybridized carbons (Fsp3) is 1.00. The molecule has 0 aliphatic carbocycles. The monoisotopic (exact) mass is 179 g/mol. The summed E-state index contributed by atoms with van der Waals surface area (Å²) in [6, 6.07) is 0. The van der Waals surface area contributed by atoms with Crippen molar-refractivity contribution in [3.63, 3.8) is 0 Å². The quantitative estimate of drug-likeness (QED) is 0.380. The van der Waals surface area contributed by atoms with Crippen LogP contribution in [0.25, 0.3) is 0 Å². The predicted octanol–water partition coefficient (Wildman–Crippen LogP) is -1.94. The summed E-state index contributed by atoms with van der Waals surface area (Å²) in [5, 5.41) is 26.4. The van der Waals surface area contributed by atoms with Gasteiger partial charge in [-0.05, 0) is 6.92 Å². The van der Waals surface area contributed by atoms with Gasteiger partial charge in [0, 0.05) is 6.54 Å². The second-order valence-electron chi connectivity index (χ2n) is 2.65. The third kappa shape index (κ3) is 3.99. The highest BCUT2D eigenvalue weighted by molar-refractivity contribution is 4.68. The van der Waals surface area contributed by atoms with E-state index in [0.717, 1.165) is 0 Å². The molecule has 5 N–H and O–H groups in total. The van der Waals surface area contributed by atoms with Crippen molar-refractivity contribution in [1.82, 2.24) is 0 Å². The Kier molecular flexibility index (Phi) is 6.23. The molecule has 0 aromatic heterocycles. The number of rotatable bonds is 6. The second-order valence-corrected chi connectivity index (χ2v) is 2.65. The summed E-state index contributed by atoms with van der Waals surface area (Å²) >= 11 is 0. The molecular weight excluding hydrogens is 162 g/mol. The lowest BCUT2D eigenvalue weighted by atomic mass is 10.2. The molecule has 0 saturated carbocycles. The van der Waals surface area contributed by atoms with Gasteiger partial charge in [0.15, 0.2) is 0 Å². The second kappa shape index (κ2) is 6.33. The molecule has 0 aromatic carbocycles. The SMILES string of the molecule is C[C@@H](CN)OC(CO)[C@@H](O)CO. The summed E-state index contributed by atoms with van der Waals surface area (Å²) in [6.07, 6.45) is -2.04. The summed E-state index contributed by atoms with van der Waals surface area (Å²) < 4.78 is 5.12. The van der Waals surface area contributed by atoms with Gasteiger partial charge >= 0.3 is 0 Å². The number of aliphatic hydroxyl groups is 3. The van der Waals surface area contributed by atoms with Crippen molar-refractivity contribution in [2.24, 2.45) is 5.73 Å². The summed E-state index contributed by atoms with van der Waals surface area (Å²) in [6.45, 7) is 1.29. The van der Waals surface area contributed by atoms with Crippen LogP contribution in [0.4, 0.5) is 0 Å². The van der Waals surface area contributed by atoms with Gasteiger partial charge in [0.25, 0.3) is 0 Å². The first-order valence-electron chi connectivity index (χ1n) is 3.91. The lowest BCUT2D eigenvalue weighted by Gasteiger charge is -2.23. The van der Waals surface area contributed by atoms with Crippen molar-refractivity contribution in [2.45, 2.75) is 25.2 Å². The summed E-state index contributed by atoms with van der Waals surface area (Å²) in [4.78, 5) is 0. The van der Waals surface area contributed by atoms with E-state index < -0.39 is 18.8 Å². The maximum absolute atomic E-state index is 9.09. The minimum absolute atomic E-state index is 0.233. The Hall–Kier alpha value is -0.200. The van der Waals surface area contributed by atoms with Crippen molar-refractivity contribution in [3.05, 3.63) is 0 Å². The van der Waals surface area contributed by atoms with E-state index >= 15 is 0 Å². The number of ether oxygens (including phenoxy) is 1. The molecule has 12 heavy (non-hydrogen) atoms. The largest absolute Gasteiger partial charge is 0.394 e. The van der Waals surface area contributed by atoms with Gasteiger partial charge in [-0.3, -0.25) is 0 Å². The van der Waals surface area contributed by atoms with Crippen LogP contribution in [0, 0.1) is 0 Å². The third-order valence-electron chi connectivity index (χ3n) is 1.54. The molecule has 0 aromatic rings. The molecule has 0 amide bonds. The molecule has 0 spiro atoms. The van der Waals surface area contributed by atoms with Crippen LogP contribution in [-0.2, 0) is 4.74 Å². The van der Waals surface area contributed by atoms with Crippen molar-refractivity contribution < 1.29 is 20.1 Å². The number of aliphatic hydroxyl groups excluding tert-OH is 3. The van der Waals surface area contributed by atoms with Gasteiger partial charge in [0.05, 0.1) is 19.3 Å². The molecular formula is C7H17NO4. The lowest BCUT2D eigenvalue weighted by molar-refractivity contribution is -0.102. The van der Waals surface area contributed by atoms with Crippen molar-refractivity contribution in [1.29, 1.82) is 0 Å². The van der Waals surface area contributed by atoms with Crippen LogP contribution >= 0.6 is 0 Å². The minimum atomic E-state index is -1.05. The highest BCUT2D eigenvalue weighted by Gasteiger charge is 2.19. The molecule has 74 valence electrons. The minimum Gasteiger partial charge on any atom is -0.394 e. The van der Waals surface area contributed by atoms with Crippen molar-refractivity contribution >= 4 is 0 Å². The Morgan fingerprint density at radius 2 is 1.92 bits per heavy atom. The lowest BCUT2D eigenvalue weighted by Crippen LogP contribution is -2.39. The third-order valence-corrected chi connectivity index (χ3v) is 1.54. The highest BCUT2D eigenvalue weighted by atomic mass is 16.5. The summed E-state index contributed by atoms with van der Waals surface area (Å²) in [7, 11) is 0. The molecule has 1 unspecified atom stereocenters.